The second kappa shape index (κ2) is 7.82. The third-order valence-corrected chi connectivity index (χ3v) is 3.22. The zero-order valence-electron chi connectivity index (χ0n) is 13.3. The Labute approximate surface area is 141 Å². The molecule has 0 spiro atoms. The van der Waals surface area contributed by atoms with Gasteiger partial charge >= 0.3 is 6.18 Å². The van der Waals surface area contributed by atoms with Gasteiger partial charge in [0, 0.05) is 24.8 Å². The lowest BCUT2D eigenvalue weighted by molar-refractivity contribution is -0.137. The number of hydrogen-bond donors (Lipinski definition) is 1. The monoisotopic (exact) mass is 355 g/mol. The van der Waals surface area contributed by atoms with Crippen molar-refractivity contribution in [2.75, 3.05) is 13.2 Å². The Balaban J connectivity index is 1.80. The topological polar surface area (TPSA) is 73.2 Å². The first kappa shape index (κ1) is 18.5. The number of carbonyl (C=O) groups is 1. The summed E-state index contributed by atoms with van der Waals surface area (Å²) in [6, 6.07) is 5.65. The van der Waals surface area contributed by atoms with Gasteiger partial charge in [-0.15, -0.1) is 0 Å². The van der Waals surface area contributed by atoms with Crippen LogP contribution < -0.4 is 15.6 Å². The van der Waals surface area contributed by atoms with Gasteiger partial charge < -0.3 is 10.1 Å². The van der Waals surface area contributed by atoms with Crippen molar-refractivity contribution in [2.24, 2.45) is 0 Å². The predicted molar refractivity (Wildman–Crippen MR) is 83.2 cm³/mol. The molecule has 0 saturated carbocycles. The molecule has 0 aliphatic heterocycles. The molecule has 134 valence electrons. The zero-order valence-corrected chi connectivity index (χ0v) is 13.3. The number of rotatable bonds is 6. The highest BCUT2D eigenvalue weighted by Crippen LogP contribution is 2.31. The molecular weight excluding hydrogens is 339 g/mol. The molecule has 1 aromatic carbocycles. The Bertz CT molecular complexity index is 803. The lowest BCUT2D eigenvalue weighted by atomic mass is 10.2. The first-order valence-corrected chi connectivity index (χ1v) is 7.35. The molecule has 1 heterocycles. The number of hydrogen-bond acceptors (Lipinski definition) is 4. The quantitative estimate of drug-likeness (QED) is 0.857. The van der Waals surface area contributed by atoms with Crippen molar-refractivity contribution in [3.8, 4) is 5.75 Å². The number of halogens is 3. The Morgan fingerprint density at radius 3 is 2.76 bits per heavy atom. The van der Waals surface area contributed by atoms with E-state index < -0.39 is 24.3 Å². The van der Waals surface area contributed by atoms with Crippen molar-refractivity contribution in [1.29, 1.82) is 0 Å². The summed E-state index contributed by atoms with van der Waals surface area (Å²) in [7, 11) is 0. The minimum atomic E-state index is -4.48. The summed E-state index contributed by atoms with van der Waals surface area (Å²) in [5, 5.41) is 2.51. The van der Waals surface area contributed by atoms with Crippen molar-refractivity contribution >= 4 is 5.91 Å². The smallest absolute Gasteiger partial charge is 0.416 e. The number of benzene rings is 1. The maximum absolute atomic E-state index is 12.6. The number of aromatic nitrogens is 2. The first-order chi connectivity index (χ1) is 11.8. The maximum atomic E-state index is 12.6. The lowest BCUT2D eigenvalue weighted by Crippen LogP contribution is -2.33. The molecule has 0 radical (unpaired) electrons. The second-order valence-electron chi connectivity index (χ2n) is 5.23. The Hall–Kier alpha value is -2.84. The van der Waals surface area contributed by atoms with Crippen LogP contribution in [-0.4, -0.2) is 28.6 Å². The zero-order chi connectivity index (χ0) is 18.4. The van der Waals surface area contributed by atoms with Crippen molar-refractivity contribution in [1.82, 2.24) is 14.9 Å². The van der Waals surface area contributed by atoms with Crippen LogP contribution in [0.2, 0.25) is 0 Å². The molecule has 25 heavy (non-hydrogen) atoms. The fraction of sp³-hybridized carbons (Fsp3) is 0.312. The molecule has 2 rings (SSSR count). The molecule has 1 amide bonds. The van der Waals surface area contributed by atoms with Crippen LogP contribution in [0.4, 0.5) is 13.2 Å². The highest BCUT2D eigenvalue weighted by Gasteiger charge is 2.30. The minimum Gasteiger partial charge on any atom is -0.484 e. The van der Waals surface area contributed by atoms with Crippen molar-refractivity contribution in [2.45, 2.75) is 19.6 Å². The van der Waals surface area contributed by atoms with Crippen molar-refractivity contribution in [3.05, 3.63) is 58.3 Å². The number of carbonyl (C=O) groups excluding carboxylic acids is 1. The summed E-state index contributed by atoms with van der Waals surface area (Å²) in [4.78, 5) is 27.3. The van der Waals surface area contributed by atoms with Gasteiger partial charge in [0.1, 0.15) is 5.75 Å². The Kier molecular flexibility index (Phi) is 5.79. The average Bonchev–Trinajstić information content (AvgIpc) is 2.54. The number of amides is 1. The molecule has 0 unspecified atom stereocenters. The summed E-state index contributed by atoms with van der Waals surface area (Å²) < 4.78 is 44.1. The molecule has 0 aliphatic rings. The second-order valence-corrected chi connectivity index (χ2v) is 5.23. The van der Waals surface area contributed by atoms with Crippen LogP contribution in [0.15, 0.2) is 41.5 Å². The Morgan fingerprint density at radius 2 is 2.08 bits per heavy atom. The van der Waals surface area contributed by atoms with Gasteiger partial charge in [0.2, 0.25) is 0 Å². The van der Waals surface area contributed by atoms with Crippen molar-refractivity contribution < 1.29 is 22.7 Å². The van der Waals surface area contributed by atoms with E-state index in [1.807, 2.05) is 0 Å². The van der Waals surface area contributed by atoms with Crippen LogP contribution in [0.5, 0.6) is 5.75 Å². The number of nitrogens with zero attached hydrogens (tertiary/aromatic N) is 2. The van der Waals surface area contributed by atoms with Crippen LogP contribution in [0.25, 0.3) is 0 Å². The van der Waals surface area contributed by atoms with E-state index in [0.29, 0.717) is 5.69 Å². The molecule has 0 atom stereocenters. The van der Waals surface area contributed by atoms with Crippen LogP contribution in [-0.2, 0) is 17.5 Å². The highest BCUT2D eigenvalue weighted by molar-refractivity contribution is 5.77. The first-order valence-electron chi connectivity index (χ1n) is 7.35. The van der Waals surface area contributed by atoms with Crippen LogP contribution in [0, 0.1) is 6.92 Å². The molecular formula is C16H16F3N3O3. The molecule has 6 nitrogen and oxygen atoms in total. The van der Waals surface area contributed by atoms with E-state index in [0.717, 1.165) is 12.1 Å². The number of ether oxygens (including phenoxy) is 1. The van der Waals surface area contributed by atoms with Crippen LogP contribution >= 0.6 is 0 Å². The highest BCUT2D eigenvalue weighted by atomic mass is 19.4. The van der Waals surface area contributed by atoms with Gasteiger partial charge in [0.25, 0.3) is 11.5 Å². The van der Waals surface area contributed by atoms with E-state index in [4.69, 9.17) is 4.74 Å². The maximum Gasteiger partial charge on any atom is 0.416 e. The summed E-state index contributed by atoms with van der Waals surface area (Å²) in [5.74, 6) is -0.561. The van der Waals surface area contributed by atoms with Gasteiger partial charge in [-0.25, -0.2) is 4.98 Å². The molecule has 1 N–H and O–H groups in total. The van der Waals surface area contributed by atoms with Crippen LogP contribution in [0.1, 0.15) is 11.3 Å². The third-order valence-electron chi connectivity index (χ3n) is 3.22. The van der Waals surface area contributed by atoms with Gasteiger partial charge in [-0.1, -0.05) is 6.07 Å². The third kappa shape index (κ3) is 5.63. The van der Waals surface area contributed by atoms with E-state index in [-0.39, 0.29) is 24.4 Å². The standard InChI is InChI=1S/C16H16F3N3O3/c1-11-7-15(24)22(10-21-11)6-5-20-14(23)9-25-13-4-2-3-12(8-13)16(17,18)19/h2-4,7-8,10H,5-6,9H2,1H3,(H,20,23). The van der Waals surface area contributed by atoms with E-state index in [1.165, 1.54) is 29.1 Å². The predicted octanol–water partition coefficient (Wildman–Crippen LogP) is 1.77. The summed E-state index contributed by atoms with van der Waals surface area (Å²) >= 11 is 0. The molecule has 9 heteroatoms. The fourth-order valence-corrected chi connectivity index (χ4v) is 1.96. The lowest BCUT2D eigenvalue weighted by Gasteiger charge is -2.11. The molecule has 0 bridgehead atoms. The summed E-state index contributed by atoms with van der Waals surface area (Å²) in [5.41, 5.74) is -0.488. The average molecular weight is 355 g/mol. The largest absolute Gasteiger partial charge is 0.484 e. The number of nitrogens with one attached hydrogen (secondary N) is 1. The van der Waals surface area contributed by atoms with E-state index in [1.54, 1.807) is 6.92 Å². The fourth-order valence-electron chi connectivity index (χ4n) is 1.96. The van der Waals surface area contributed by atoms with E-state index in [9.17, 15) is 22.8 Å². The summed E-state index contributed by atoms with van der Waals surface area (Å²) in [6.45, 7) is 1.65. The van der Waals surface area contributed by atoms with Gasteiger partial charge in [-0.2, -0.15) is 13.2 Å². The normalized spacial score (nSPS) is 11.2. The van der Waals surface area contributed by atoms with Gasteiger partial charge in [0.15, 0.2) is 6.61 Å². The number of alkyl halides is 3. The molecule has 1 aromatic heterocycles. The molecule has 0 saturated heterocycles. The van der Waals surface area contributed by atoms with E-state index in [2.05, 4.69) is 10.3 Å². The molecule has 0 aliphatic carbocycles. The number of aryl methyl sites for hydroxylation is 1. The summed E-state index contributed by atoms with van der Waals surface area (Å²) in [6.07, 6.45) is -3.10. The van der Waals surface area contributed by atoms with Gasteiger partial charge in [0.05, 0.1) is 11.9 Å². The van der Waals surface area contributed by atoms with Gasteiger partial charge in [-0.05, 0) is 25.1 Å². The Morgan fingerprint density at radius 1 is 1.32 bits per heavy atom. The van der Waals surface area contributed by atoms with E-state index >= 15 is 0 Å². The van der Waals surface area contributed by atoms with Crippen molar-refractivity contribution in [3.63, 3.8) is 0 Å². The van der Waals surface area contributed by atoms with Crippen LogP contribution in [0.3, 0.4) is 0 Å². The molecule has 2 aromatic rings. The minimum absolute atomic E-state index is 0.0519. The SMILES string of the molecule is Cc1cc(=O)n(CCNC(=O)COc2cccc(C(F)(F)F)c2)cn1. The van der Waals surface area contributed by atoms with Gasteiger partial charge in [-0.3, -0.25) is 14.2 Å². The molecule has 0 fully saturated rings.